The van der Waals surface area contributed by atoms with Crippen LogP contribution in [0, 0.1) is 0 Å². The third kappa shape index (κ3) is 3.38. The SMILES string of the molecule is COC1CCC(NS(=O)(=O)c2cc(CO)oc2Br)C1. The molecule has 1 saturated carbocycles. The number of hydrogen-bond donors (Lipinski definition) is 2. The zero-order valence-corrected chi connectivity index (χ0v) is 12.8. The second-order valence-corrected chi connectivity index (χ2v) is 6.90. The van der Waals surface area contributed by atoms with Gasteiger partial charge in [-0.15, -0.1) is 0 Å². The van der Waals surface area contributed by atoms with Crippen LogP contribution in [0.25, 0.3) is 0 Å². The van der Waals surface area contributed by atoms with Gasteiger partial charge < -0.3 is 14.3 Å². The van der Waals surface area contributed by atoms with E-state index in [1.165, 1.54) is 6.07 Å². The van der Waals surface area contributed by atoms with E-state index in [-0.39, 0.29) is 34.1 Å². The van der Waals surface area contributed by atoms with Crippen molar-refractivity contribution in [2.45, 2.75) is 42.9 Å². The number of nitrogens with one attached hydrogen (secondary N) is 1. The predicted molar refractivity (Wildman–Crippen MR) is 71.1 cm³/mol. The van der Waals surface area contributed by atoms with Gasteiger partial charge in [0, 0.05) is 19.2 Å². The molecule has 0 aliphatic heterocycles. The molecule has 1 aliphatic rings. The van der Waals surface area contributed by atoms with Crippen molar-refractivity contribution in [3.8, 4) is 0 Å². The van der Waals surface area contributed by atoms with E-state index in [0.29, 0.717) is 6.42 Å². The van der Waals surface area contributed by atoms with Crippen LogP contribution in [0.15, 0.2) is 20.0 Å². The fourth-order valence-electron chi connectivity index (χ4n) is 2.20. The van der Waals surface area contributed by atoms with Gasteiger partial charge in [0.25, 0.3) is 0 Å². The number of aliphatic hydroxyl groups is 1. The second kappa shape index (κ2) is 5.92. The average molecular weight is 354 g/mol. The number of rotatable bonds is 5. The maximum absolute atomic E-state index is 12.2. The van der Waals surface area contributed by atoms with Gasteiger partial charge in [-0.2, -0.15) is 0 Å². The molecule has 1 heterocycles. The number of sulfonamides is 1. The van der Waals surface area contributed by atoms with E-state index in [2.05, 4.69) is 20.7 Å². The summed E-state index contributed by atoms with van der Waals surface area (Å²) in [6.07, 6.45) is 2.37. The van der Waals surface area contributed by atoms with Crippen LogP contribution in [0.3, 0.4) is 0 Å². The van der Waals surface area contributed by atoms with Crippen molar-refractivity contribution in [3.05, 3.63) is 16.5 Å². The summed E-state index contributed by atoms with van der Waals surface area (Å²) in [6.45, 7) is -0.344. The Bertz CT molecular complexity index is 541. The van der Waals surface area contributed by atoms with Crippen molar-refractivity contribution in [1.82, 2.24) is 4.72 Å². The summed E-state index contributed by atoms with van der Waals surface area (Å²) in [5.74, 6) is 0.202. The highest BCUT2D eigenvalue weighted by Crippen LogP contribution is 2.28. The third-order valence-corrected chi connectivity index (χ3v) is 5.57. The molecule has 1 aromatic heterocycles. The van der Waals surface area contributed by atoms with E-state index in [9.17, 15) is 8.42 Å². The van der Waals surface area contributed by atoms with Crippen LogP contribution in [0.5, 0.6) is 0 Å². The quantitative estimate of drug-likeness (QED) is 0.834. The highest BCUT2D eigenvalue weighted by Gasteiger charge is 2.30. The lowest BCUT2D eigenvalue weighted by molar-refractivity contribution is 0.107. The first-order chi connectivity index (χ1) is 8.96. The molecule has 2 rings (SSSR count). The largest absolute Gasteiger partial charge is 0.450 e. The molecule has 2 unspecified atom stereocenters. The van der Waals surface area contributed by atoms with Crippen LogP contribution in [0.1, 0.15) is 25.0 Å². The summed E-state index contributed by atoms with van der Waals surface area (Å²) in [4.78, 5) is 0.0115. The lowest BCUT2D eigenvalue weighted by Crippen LogP contribution is -2.33. The zero-order valence-electron chi connectivity index (χ0n) is 10.4. The number of ether oxygens (including phenoxy) is 1. The first-order valence-corrected chi connectivity index (χ1v) is 8.18. The molecule has 0 amide bonds. The molecule has 2 N–H and O–H groups in total. The lowest BCUT2D eigenvalue weighted by Gasteiger charge is -2.12. The van der Waals surface area contributed by atoms with Crippen molar-refractivity contribution in [2.75, 3.05) is 7.11 Å². The second-order valence-electron chi connectivity index (χ2n) is 4.50. The first-order valence-electron chi connectivity index (χ1n) is 5.90. The molecule has 8 heteroatoms. The molecule has 0 radical (unpaired) electrons. The predicted octanol–water partition coefficient (Wildman–Crippen LogP) is 1.38. The lowest BCUT2D eigenvalue weighted by atomic mass is 10.3. The number of furan rings is 1. The molecule has 0 spiro atoms. The summed E-state index contributed by atoms with van der Waals surface area (Å²) in [7, 11) is -2.03. The van der Waals surface area contributed by atoms with Gasteiger partial charge in [0.15, 0.2) is 4.67 Å². The minimum Gasteiger partial charge on any atom is -0.450 e. The van der Waals surface area contributed by atoms with Gasteiger partial charge in [0.05, 0.1) is 6.10 Å². The Hall–Kier alpha value is -0.410. The molecule has 0 saturated heterocycles. The Morgan fingerprint density at radius 1 is 1.58 bits per heavy atom. The van der Waals surface area contributed by atoms with Crippen molar-refractivity contribution >= 4 is 26.0 Å². The Morgan fingerprint density at radius 2 is 2.32 bits per heavy atom. The van der Waals surface area contributed by atoms with Gasteiger partial charge >= 0.3 is 0 Å². The Kier molecular flexibility index (Phi) is 4.67. The molecule has 0 bridgehead atoms. The smallest absolute Gasteiger partial charge is 0.245 e. The molecule has 1 aliphatic carbocycles. The monoisotopic (exact) mass is 353 g/mol. The Labute approximate surface area is 120 Å². The summed E-state index contributed by atoms with van der Waals surface area (Å²) < 4.78 is 37.4. The van der Waals surface area contributed by atoms with Crippen molar-refractivity contribution < 1.29 is 22.7 Å². The number of hydrogen-bond acceptors (Lipinski definition) is 5. The number of aliphatic hydroxyl groups excluding tert-OH is 1. The molecule has 1 fully saturated rings. The Morgan fingerprint density at radius 3 is 2.84 bits per heavy atom. The molecule has 6 nitrogen and oxygen atoms in total. The van der Waals surface area contributed by atoms with Crippen LogP contribution in [-0.2, 0) is 21.4 Å². The molecule has 0 aromatic carbocycles. The summed E-state index contributed by atoms with van der Waals surface area (Å²) in [5, 5.41) is 8.95. The van der Waals surface area contributed by atoms with Crippen LogP contribution in [-0.4, -0.2) is 32.8 Å². The molecule has 1 aromatic rings. The van der Waals surface area contributed by atoms with E-state index >= 15 is 0 Å². The summed E-state index contributed by atoms with van der Waals surface area (Å²) >= 11 is 3.05. The number of methoxy groups -OCH3 is 1. The maximum Gasteiger partial charge on any atom is 0.245 e. The molecular formula is C11H16BrNO5S. The standard InChI is InChI=1S/C11H16BrNO5S/c1-17-8-3-2-7(4-8)13-19(15,16)10-5-9(6-14)18-11(10)12/h5,7-8,13-14H,2-4,6H2,1H3. The van der Waals surface area contributed by atoms with Crippen LogP contribution >= 0.6 is 15.9 Å². The average Bonchev–Trinajstić information content (AvgIpc) is 2.95. The van der Waals surface area contributed by atoms with E-state index in [4.69, 9.17) is 14.3 Å². The minimum atomic E-state index is -3.65. The Balaban J connectivity index is 2.12. The highest BCUT2D eigenvalue weighted by molar-refractivity contribution is 9.10. The van der Waals surface area contributed by atoms with E-state index in [1.807, 2.05) is 0 Å². The summed E-state index contributed by atoms with van der Waals surface area (Å²) in [6, 6.07) is 1.18. The van der Waals surface area contributed by atoms with Gasteiger partial charge in [0.1, 0.15) is 17.3 Å². The van der Waals surface area contributed by atoms with E-state index in [0.717, 1.165) is 12.8 Å². The fourth-order valence-corrected chi connectivity index (χ4v) is 4.48. The van der Waals surface area contributed by atoms with Crippen LogP contribution < -0.4 is 4.72 Å². The highest BCUT2D eigenvalue weighted by atomic mass is 79.9. The zero-order chi connectivity index (χ0) is 14.0. The van der Waals surface area contributed by atoms with E-state index in [1.54, 1.807) is 7.11 Å². The maximum atomic E-state index is 12.2. The topological polar surface area (TPSA) is 88.8 Å². The third-order valence-electron chi connectivity index (χ3n) is 3.19. The van der Waals surface area contributed by atoms with Crippen molar-refractivity contribution in [1.29, 1.82) is 0 Å². The summed E-state index contributed by atoms with van der Waals surface area (Å²) in [5.41, 5.74) is 0. The molecular weight excluding hydrogens is 338 g/mol. The van der Waals surface area contributed by atoms with Crippen molar-refractivity contribution in [2.24, 2.45) is 0 Å². The van der Waals surface area contributed by atoms with Gasteiger partial charge in [-0.3, -0.25) is 0 Å². The van der Waals surface area contributed by atoms with Crippen LogP contribution in [0.4, 0.5) is 0 Å². The van der Waals surface area contributed by atoms with Gasteiger partial charge in [-0.05, 0) is 35.2 Å². The fraction of sp³-hybridized carbons (Fsp3) is 0.636. The molecule has 19 heavy (non-hydrogen) atoms. The van der Waals surface area contributed by atoms with Gasteiger partial charge in [-0.25, -0.2) is 13.1 Å². The first kappa shape index (κ1) is 15.0. The van der Waals surface area contributed by atoms with Crippen molar-refractivity contribution in [3.63, 3.8) is 0 Å². The van der Waals surface area contributed by atoms with E-state index < -0.39 is 10.0 Å². The molecule has 108 valence electrons. The van der Waals surface area contributed by atoms with Crippen LogP contribution in [0.2, 0.25) is 0 Å². The normalized spacial score (nSPS) is 23.9. The van der Waals surface area contributed by atoms with Gasteiger partial charge in [0.2, 0.25) is 10.0 Å². The number of halogens is 1. The molecule has 2 atom stereocenters. The van der Waals surface area contributed by atoms with Gasteiger partial charge in [-0.1, -0.05) is 0 Å². The minimum absolute atomic E-state index is 0.0115.